The molecular formula is C15H16O3. The van der Waals surface area contributed by atoms with Crippen molar-refractivity contribution in [1.29, 1.82) is 0 Å². The van der Waals surface area contributed by atoms with Crippen LogP contribution in [0.25, 0.3) is 10.8 Å². The fourth-order valence-electron chi connectivity index (χ4n) is 1.91. The predicted octanol–water partition coefficient (Wildman–Crippen LogP) is 3.33. The first-order chi connectivity index (χ1) is 8.59. The molecule has 0 amide bonds. The molecule has 0 aliphatic heterocycles. The van der Waals surface area contributed by atoms with Gasteiger partial charge in [0, 0.05) is 11.3 Å². The van der Waals surface area contributed by atoms with Gasteiger partial charge in [-0.1, -0.05) is 50.2 Å². The van der Waals surface area contributed by atoms with Crippen LogP contribution in [0.2, 0.25) is 0 Å². The third-order valence-electron chi connectivity index (χ3n) is 2.85. The molecule has 0 heterocycles. The quantitative estimate of drug-likeness (QED) is 0.897. The summed E-state index contributed by atoms with van der Waals surface area (Å²) in [5.41, 5.74) is 0. The van der Waals surface area contributed by atoms with Gasteiger partial charge in [0.2, 0.25) is 0 Å². The molecule has 0 saturated carbocycles. The Morgan fingerprint density at radius 1 is 1.11 bits per heavy atom. The van der Waals surface area contributed by atoms with E-state index in [0.717, 1.165) is 10.8 Å². The zero-order chi connectivity index (χ0) is 13.1. The minimum absolute atomic E-state index is 0.0820. The van der Waals surface area contributed by atoms with E-state index in [0.29, 0.717) is 5.75 Å². The van der Waals surface area contributed by atoms with Gasteiger partial charge in [-0.2, -0.15) is 0 Å². The number of fused-ring (bicyclic) bond motifs is 1. The van der Waals surface area contributed by atoms with Crippen molar-refractivity contribution in [3.8, 4) is 5.75 Å². The number of hydrogen-bond acceptors (Lipinski definition) is 2. The second-order valence-corrected chi connectivity index (χ2v) is 4.60. The lowest BCUT2D eigenvalue weighted by Crippen LogP contribution is -2.32. The summed E-state index contributed by atoms with van der Waals surface area (Å²) >= 11 is 0. The van der Waals surface area contributed by atoms with Crippen LogP contribution in [-0.4, -0.2) is 17.2 Å². The third kappa shape index (κ3) is 2.45. The summed E-state index contributed by atoms with van der Waals surface area (Å²) in [5.74, 6) is -0.395. The molecule has 0 radical (unpaired) electrons. The van der Waals surface area contributed by atoms with Gasteiger partial charge in [0.15, 0.2) is 6.10 Å². The summed E-state index contributed by atoms with van der Waals surface area (Å²) in [5, 5.41) is 11.1. The minimum Gasteiger partial charge on any atom is -0.478 e. The van der Waals surface area contributed by atoms with Crippen LogP contribution in [0, 0.1) is 5.92 Å². The molecule has 0 bridgehead atoms. The van der Waals surface area contributed by atoms with Crippen LogP contribution in [0.3, 0.4) is 0 Å². The van der Waals surface area contributed by atoms with Gasteiger partial charge >= 0.3 is 5.97 Å². The first kappa shape index (κ1) is 12.4. The number of carboxylic acid groups (broad SMARTS) is 1. The number of rotatable bonds is 4. The number of benzene rings is 2. The Balaban J connectivity index is 2.39. The fraction of sp³-hybridized carbons (Fsp3) is 0.267. The van der Waals surface area contributed by atoms with Crippen molar-refractivity contribution in [3.05, 3.63) is 42.5 Å². The molecule has 3 nitrogen and oxygen atoms in total. The fourth-order valence-corrected chi connectivity index (χ4v) is 1.91. The summed E-state index contributed by atoms with van der Waals surface area (Å²) < 4.78 is 5.65. The van der Waals surface area contributed by atoms with Crippen molar-refractivity contribution in [3.63, 3.8) is 0 Å². The first-order valence-electron chi connectivity index (χ1n) is 5.97. The molecule has 0 saturated heterocycles. The van der Waals surface area contributed by atoms with Crippen LogP contribution in [-0.2, 0) is 4.79 Å². The van der Waals surface area contributed by atoms with Gasteiger partial charge in [0.25, 0.3) is 0 Å². The molecule has 2 rings (SSSR count). The van der Waals surface area contributed by atoms with Crippen molar-refractivity contribution < 1.29 is 14.6 Å². The molecule has 3 heteroatoms. The maximum Gasteiger partial charge on any atom is 0.345 e. The molecule has 0 unspecified atom stereocenters. The van der Waals surface area contributed by atoms with Gasteiger partial charge in [0.05, 0.1) is 0 Å². The molecule has 18 heavy (non-hydrogen) atoms. The molecule has 0 spiro atoms. The minimum atomic E-state index is -0.932. The Hall–Kier alpha value is -2.03. The number of carboxylic acids is 1. The lowest BCUT2D eigenvalue weighted by atomic mass is 10.1. The van der Waals surface area contributed by atoms with Crippen LogP contribution in [0.5, 0.6) is 5.75 Å². The topological polar surface area (TPSA) is 46.5 Å². The van der Waals surface area contributed by atoms with E-state index >= 15 is 0 Å². The van der Waals surface area contributed by atoms with Gasteiger partial charge in [-0.3, -0.25) is 0 Å². The van der Waals surface area contributed by atoms with E-state index in [4.69, 9.17) is 9.84 Å². The molecule has 0 fully saturated rings. The van der Waals surface area contributed by atoms with E-state index in [2.05, 4.69) is 0 Å². The van der Waals surface area contributed by atoms with Crippen LogP contribution in [0.1, 0.15) is 13.8 Å². The zero-order valence-electron chi connectivity index (χ0n) is 10.5. The monoisotopic (exact) mass is 244 g/mol. The van der Waals surface area contributed by atoms with E-state index in [1.807, 2.05) is 50.2 Å². The molecule has 0 aliphatic rings. The molecule has 1 atom stereocenters. The van der Waals surface area contributed by atoms with Gasteiger partial charge in [-0.25, -0.2) is 4.79 Å². The van der Waals surface area contributed by atoms with Gasteiger partial charge in [0.1, 0.15) is 5.75 Å². The second-order valence-electron chi connectivity index (χ2n) is 4.60. The van der Waals surface area contributed by atoms with Crippen LogP contribution < -0.4 is 4.74 Å². The highest BCUT2D eigenvalue weighted by molar-refractivity contribution is 5.88. The molecular weight excluding hydrogens is 228 g/mol. The maximum absolute atomic E-state index is 11.2. The van der Waals surface area contributed by atoms with Crippen molar-refractivity contribution in [1.82, 2.24) is 0 Å². The summed E-state index contributed by atoms with van der Waals surface area (Å²) in [6, 6.07) is 13.4. The third-order valence-corrected chi connectivity index (χ3v) is 2.85. The van der Waals surface area contributed by atoms with Crippen molar-refractivity contribution in [2.45, 2.75) is 20.0 Å². The van der Waals surface area contributed by atoms with Crippen LogP contribution in [0.4, 0.5) is 0 Å². The molecule has 0 aliphatic carbocycles. The van der Waals surface area contributed by atoms with E-state index in [-0.39, 0.29) is 5.92 Å². The standard InChI is InChI=1S/C15H16O3/c1-10(2)14(15(16)17)18-13-9-5-7-11-6-3-4-8-12(11)13/h3-10,14H,1-2H3,(H,16,17)/t14-/m0/s1. The Bertz CT molecular complexity index is 555. The SMILES string of the molecule is CC(C)[C@H](Oc1cccc2ccccc12)C(=O)O. The Labute approximate surface area is 106 Å². The van der Waals surface area contributed by atoms with E-state index in [9.17, 15) is 4.79 Å². The van der Waals surface area contributed by atoms with Gasteiger partial charge in [-0.05, 0) is 11.5 Å². The number of ether oxygens (including phenoxy) is 1. The largest absolute Gasteiger partial charge is 0.478 e. The molecule has 94 valence electrons. The molecule has 2 aromatic rings. The van der Waals surface area contributed by atoms with Gasteiger partial charge in [-0.15, -0.1) is 0 Å². The average molecular weight is 244 g/mol. The van der Waals surface area contributed by atoms with Crippen LogP contribution >= 0.6 is 0 Å². The van der Waals surface area contributed by atoms with Crippen molar-refractivity contribution in [2.75, 3.05) is 0 Å². The molecule has 0 aromatic heterocycles. The summed E-state index contributed by atoms with van der Waals surface area (Å²) in [6.07, 6.45) is -0.823. The maximum atomic E-state index is 11.2. The predicted molar refractivity (Wildman–Crippen MR) is 70.8 cm³/mol. The normalized spacial score (nSPS) is 12.6. The van der Waals surface area contributed by atoms with Crippen LogP contribution in [0.15, 0.2) is 42.5 Å². The highest BCUT2D eigenvalue weighted by Crippen LogP contribution is 2.27. The Morgan fingerprint density at radius 2 is 1.78 bits per heavy atom. The lowest BCUT2D eigenvalue weighted by molar-refractivity contribution is -0.147. The Morgan fingerprint density at radius 3 is 2.44 bits per heavy atom. The highest BCUT2D eigenvalue weighted by Gasteiger charge is 2.23. The van der Waals surface area contributed by atoms with Crippen molar-refractivity contribution in [2.24, 2.45) is 5.92 Å². The first-order valence-corrected chi connectivity index (χ1v) is 5.97. The summed E-state index contributed by atoms with van der Waals surface area (Å²) in [6.45, 7) is 3.67. The number of hydrogen-bond donors (Lipinski definition) is 1. The van der Waals surface area contributed by atoms with E-state index < -0.39 is 12.1 Å². The van der Waals surface area contributed by atoms with E-state index in [1.165, 1.54) is 0 Å². The lowest BCUT2D eigenvalue weighted by Gasteiger charge is -2.19. The van der Waals surface area contributed by atoms with Crippen molar-refractivity contribution >= 4 is 16.7 Å². The second kappa shape index (κ2) is 5.08. The number of aliphatic carboxylic acids is 1. The van der Waals surface area contributed by atoms with Gasteiger partial charge < -0.3 is 9.84 Å². The summed E-state index contributed by atoms with van der Waals surface area (Å²) in [7, 11) is 0. The average Bonchev–Trinajstić information content (AvgIpc) is 2.35. The number of carbonyl (C=O) groups is 1. The Kier molecular flexibility index (Phi) is 3.51. The van der Waals surface area contributed by atoms with E-state index in [1.54, 1.807) is 6.07 Å². The smallest absolute Gasteiger partial charge is 0.345 e. The summed E-state index contributed by atoms with van der Waals surface area (Å²) in [4.78, 5) is 11.2. The molecule has 1 N–H and O–H groups in total. The zero-order valence-corrected chi connectivity index (χ0v) is 10.5. The highest BCUT2D eigenvalue weighted by atomic mass is 16.5. The molecule has 2 aromatic carbocycles.